The molecule has 0 fully saturated rings. The summed E-state index contributed by atoms with van der Waals surface area (Å²) in [6.45, 7) is 0.403. The van der Waals surface area contributed by atoms with E-state index in [0.29, 0.717) is 23.7 Å². The molecule has 0 radical (unpaired) electrons. The summed E-state index contributed by atoms with van der Waals surface area (Å²) in [6, 6.07) is 26.4. The van der Waals surface area contributed by atoms with Crippen LogP contribution >= 0.6 is 0 Å². The molecule has 0 aliphatic carbocycles. The van der Waals surface area contributed by atoms with E-state index in [1.165, 1.54) is 0 Å². The normalized spacial score (nSPS) is 10.2. The molecule has 0 amide bonds. The van der Waals surface area contributed by atoms with Crippen LogP contribution < -0.4 is 9.47 Å². The molecule has 3 aromatic carbocycles. The van der Waals surface area contributed by atoms with E-state index in [4.69, 9.17) is 9.47 Å². The quantitative estimate of drug-likeness (QED) is 0.601. The molecule has 120 valence electrons. The maximum absolute atomic E-state index is 12.4. The van der Waals surface area contributed by atoms with E-state index in [0.717, 1.165) is 5.56 Å². The van der Waals surface area contributed by atoms with E-state index in [1.807, 2.05) is 72.8 Å². The van der Waals surface area contributed by atoms with Crippen molar-refractivity contribution in [3.8, 4) is 11.5 Å². The highest BCUT2D eigenvalue weighted by molar-refractivity contribution is 5.99. The lowest BCUT2D eigenvalue weighted by molar-refractivity contribution is 0.0917. The van der Waals surface area contributed by atoms with Gasteiger partial charge in [0.2, 0.25) is 5.78 Å². The molecule has 0 atom stereocenters. The molecule has 0 saturated heterocycles. The zero-order chi connectivity index (χ0) is 16.6. The summed E-state index contributed by atoms with van der Waals surface area (Å²) >= 11 is 0. The Bertz CT molecular complexity index is 782. The van der Waals surface area contributed by atoms with Crippen LogP contribution in [0, 0.1) is 0 Å². The van der Waals surface area contributed by atoms with Crippen LogP contribution in [0.25, 0.3) is 0 Å². The van der Waals surface area contributed by atoms with Crippen molar-refractivity contribution in [3.63, 3.8) is 0 Å². The lowest BCUT2D eigenvalue weighted by atomic mass is 10.1. The van der Waals surface area contributed by atoms with Crippen LogP contribution in [0.3, 0.4) is 0 Å². The predicted octanol–water partition coefficient (Wildman–Crippen LogP) is 4.53. The number of Topliss-reactive ketones (excluding diaryl/α,β-unsaturated/α-hetero) is 1. The average Bonchev–Trinajstić information content (AvgIpc) is 2.66. The fourth-order valence-electron chi connectivity index (χ4n) is 2.30. The molecule has 3 heteroatoms. The van der Waals surface area contributed by atoms with Gasteiger partial charge in [-0.05, 0) is 29.8 Å². The third kappa shape index (κ3) is 4.23. The van der Waals surface area contributed by atoms with Crippen molar-refractivity contribution in [1.82, 2.24) is 0 Å². The molecule has 0 unspecified atom stereocenters. The first kappa shape index (κ1) is 15.8. The van der Waals surface area contributed by atoms with Crippen LogP contribution in [-0.4, -0.2) is 12.4 Å². The molecule has 0 spiro atoms. The average molecular weight is 318 g/mol. The summed E-state index contributed by atoms with van der Waals surface area (Å²) in [4.78, 5) is 12.4. The van der Waals surface area contributed by atoms with Gasteiger partial charge in [-0.3, -0.25) is 4.79 Å². The Balaban J connectivity index is 1.65. The number of carbonyl (C=O) groups excluding carboxylic acids is 1. The first-order valence-corrected chi connectivity index (χ1v) is 7.80. The maximum Gasteiger partial charge on any atom is 0.203 e. The molecular formula is C21H18O3. The van der Waals surface area contributed by atoms with Crippen molar-refractivity contribution in [3.05, 3.63) is 96.1 Å². The highest BCUT2D eigenvalue weighted by Gasteiger charge is 2.13. The summed E-state index contributed by atoms with van der Waals surface area (Å²) in [5.74, 6) is 1.14. The highest BCUT2D eigenvalue weighted by atomic mass is 16.5. The van der Waals surface area contributed by atoms with E-state index in [9.17, 15) is 4.79 Å². The number of carbonyl (C=O) groups is 1. The minimum atomic E-state index is -0.109. The molecule has 0 saturated carbocycles. The number of ether oxygens (including phenoxy) is 2. The highest BCUT2D eigenvalue weighted by Crippen LogP contribution is 2.20. The number of para-hydroxylation sites is 2. The van der Waals surface area contributed by atoms with Gasteiger partial charge in [0.25, 0.3) is 0 Å². The Kier molecular flexibility index (Phi) is 5.25. The minimum Gasteiger partial charge on any atom is -0.488 e. The summed E-state index contributed by atoms with van der Waals surface area (Å²) in [7, 11) is 0. The number of ketones is 1. The number of hydrogen-bond donors (Lipinski definition) is 0. The van der Waals surface area contributed by atoms with Crippen LogP contribution in [0.4, 0.5) is 0 Å². The van der Waals surface area contributed by atoms with Crippen molar-refractivity contribution in [2.24, 2.45) is 0 Å². The lowest BCUT2D eigenvalue weighted by Gasteiger charge is -2.11. The molecule has 3 nitrogen and oxygen atoms in total. The minimum absolute atomic E-state index is 0.0181. The van der Waals surface area contributed by atoms with Gasteiger partial charge >= 0.3 is 0 Å². The smallest absolute Gasteiger partial charge is 0.203 e. The van der Waals surface area contributed by atoms with Crippen LogP contribution in [0.2, 0.25) is 0 Å². The van der Waals surface area contributed by atoms with Crippen LogP contribution in [0.5, 0.6) is 11.5 Å². The molecular weight excluding hydrogens is 300 g/mol. The summed E-state index contributed by atoms with van der Waals surface area (Å²) < 4.78 is 11.4. The zero-order valence-electron chi connectivity index (χ0n) is 13.2. The summed E-state index contributed by atoms with van der Waals surface area (Å²) in [5.41, 5.74) is 1.59. The number of hydrogen-bond acceptors (Lipinski definition) is 3. The van der Waals surface area contributed by atoms with Gasteiger partial charge in [0.1, 0.15) is 18.1 Å². The van der Waals surface area contributed by atoms with Gasteiger partial charge in [-0.25, -0.2) is 0 Å². The SMILES string of the molecule is O=C(COc1ccccc1)c1ccccc1OCc1ccccc1. The van der Waals surface area contributed by atoms with Crippen LogP contribution in [-0.2, 0) is 6.61 Å². The molecule has 0 heterocycles. The Morgan fingerprint density at radius 1 is 0.708 bits per heavy atom. The maximum atomic E-state index is 12.4. The second-order valence-corrected chi connectivity index (χ2v) is 5.30. The Labute approximate surface area is 141 Å². The van der Waals surface area contributed by atoms with Gasteiger partial charge in [-0.2, -0.15) is 0 Å². The standard InChI is InChI=1S/C21H18O3/c22-20(16-23-18-11-5-2-6-12-18)19-13-7-8-14-21(19)24-15-17-9-3-1-4-10-17/h1-14H,15-16H2. The van der Waals surface area contributed by atoms with Gasteiger partial charge in [0.15, 0.2) is 6.61 Å². The monoisotopic (exact) mass is 318 g/mol. The van der Waals surface area contributed by atoms with Gasteiger partial charge in [-0.15, -0.1) is 0 Å². The van der Waals surface area contributed by atoms with E-state index < -0.39 is 0 Å². The van der Waals surface area contributed by atoms with Crippen molar-refractivity contribution in [2.45, 2.75) is 6.61 Å². The molecule has 24 heavy (non-hydrogen) atoms. The van der Waals surface area contributed by atoms with Crippen molar-refractivity contribution < 1.29 is 14.3 Å². The Morgan fingerprint density at radius 2 is 1.33 bits per heavy atom. The van der Waals surface area contributed by atoms with Crippen molar-refractivity contribution in [2.75, 3.05) is 6.61 Å². The first-order valence-electron chi connectivity index (χ1n) is 7.80. The van der Waals surface area contributed by atoms with Gasteiger partial charge < -0.3 is 9.47 Å². The van der Waals surface area contributed by atoms with E-state index in [2.05, 4.69) is 0 Å². The molecule has 0 aliphatic rings. The Morgan fingerprint density at radius 3 is 2.08 bits per heavy atom. The molecule has 0 N–H and O–H groups in total. The van der Waals surface area contributed by atoms with E-state index in [1.54, 1.807) is 12.1 Å². The van der Waals surface area contributed by atoms with Crippen LogP contribution in [0.1, 0.15) is 15.9 Å². The van der Waals surface area contributed by atoms with Gasteiger partial charge in [-0.1, -0.05) is 60.7 Å². The molecule has 0 aliphatic heterocycles. The molecule has 3 rings (SSSR count). The fraction of sp³-hybridized carbons (Fsp3) is 0.0952. The fourth-order valence-corrected chi connectivity index (χ4v) is 2.30. The third-order valence-electron chi connectivity index (χ3n) is 3.54. The summed E-state index contributed by atoms with van der Waals surface area (Å²) in [6.07, 6.45) is 0. The largest absolute Gasteiger partial charge is 0.488 e. The second kappa shape index (κ2) is 7.97. The number of rotatable bonds is 7. The zero-order valence-corrected chi connectivity index (χ0v) is 13.2. The lowest BCUT2D eigenvalue weighted by Crippen LogP contribution is -2.13. The topological polar surface area (TPSA) is 35.5 Å². The molecule has 0 bridgehead atoms. The van der Waals surface area contributed by atoms with E-state index in [-0.39, 0.29) is 12.4 Å². The van der Waals surface area contributed by atoms with Crippen molar-refractivity contribution in [1.29, 1.82) is 0 Å². The number of benzene rings is 3. The second-order valence-electron chi connectivity index (χ2n) is 5.30. The molecule has 0 aromatic heterocycles. The molecule has 3 aromatic rings. The van der Waals surface area contributed by atoms with Crippen molar-refractivity contribution >= 4 is 5.78 Å². The first-order chi connectivity index (χ1) is 11.8. The van der Waals surface area contributed by atoms with Crippen LogP contribution in [0.15, 0.2) is 84.9 Å². The van der Waals surface area contributed by atoms with E-state index >= 15 is 0 Å². The van der Waals surface area contributed by atoms with Gasteiger partial charge in [0.05, 0.1) is 5.56 Å². The van der Waals surface area contributed by atoms with Gasteiger partial charge in [0, 0.05) is 0 Å². The summed E-state index contributed by atoms with van der Waals surface area (Å²) in [5, 5.41) is 0. The predicted molar refractivity (Wildman–Crippen MR) is 93.5 cm³/mol. The third-order valence-corrected chi connectivity index (χ3v) is 3.54. The Hall–Kier alpha value is -3.07.